The minimum absolute atomic E-state index is 0.121. The third-order valence-corrected chi connectivity index (χ3v) is 6.19. The Kier molecular flexibility index (Phi) is 10.3. The Bertz CT molecular complexity index is 1120. The number of carbonyl (C=O) groups is 2. The standard InChI is InChI=1S/C27H27Cl3N2O3/c1-2-14-31-27(34)25(15-19-6-4-3-5-7-19)32(17-20-8-9-22(29)16-24(20)30)26(33)18-35-23-12-10-21(28)11-13-23/h3-13,16,25H,2,14-15,17-18H2,1H3,(H,31,34). The normalized spacial score (nSPS) is 11.5. The molecule has 0 aliphatic heterocycles. The van der Waals surface area contributed by atoms with E-state index in [9.17, 15) is 9.59 Å². The van der Waals surface area contributed by atoms with E-state index in [1.54, 1.807) is 42.5 Å². The number of rotatable bonds is 11. The average Bonchev–Trinajstić information content (AvgIpc) is 2.86. The Morgan fingerprint density at radius 1 is 0.943 bits per heavy atom. The van der Waals surface area contributed by atoms with Gasteiger partial charge in [0.2, 0.25) is 5.91 Å². The maximum absolute atomic E-state index is 13.5. The van der Waals surface area contributed by atoms with Gasteiger partial charge in [0.25, 0.3) is 5.91 Å². The molecule has 0 saturated heterocycles. The van der Waals surface area contributed by atoms with Crippen LogP contribution in [-0.2, 0) is 22.6 Å². The van der Waals surface area contributed by atoms with Gasteiger partial charge in [-0.25, -0.2) is 0 Å². The van der Waals surface area contributed by atoms with Gasteiger partial charge in [-0.15, -0.1) is 0 Å². The summed E-state index contributed by atoms with van der Waals surface area (Å²) in [5, 5.41) is 4.41. The fourth-order valence-electron chi connectivity index (χ4n) is 3.51. The first kappa shape index (κ1) is 26.9. The first-order valence-electron chi connectivity index (χ1n) is 11.3. The van der Waals surface area contributed by atoms with Gasteiger partial charge in [0, 0.05) is 34.6 Å². The van der Waals surface area contributed by atoms with E-state index in [0.29, 0.717) is 39.3 Å². The van der Waals surface area contributed by atoms with E-state index in [0.717, 1.165) is 12.0 Å². The zero-order chi connectivity index (χ0) is 25.2. The molecule has 1 N–H and O–H groups in total. The summed E-state index contributed by atoms with van der Waals surface area (Å²) in [6.07, 6.45) is 1.12. The largest absolute Gasteiger partial charge is 0.484 e. The smallest absolute Gasteiger partial charge is 0.261 e. The van der Waals surface area contributed by atoms with Gasteiger partial charge in [-0.05, 0) is 53.9 Å². The van der Waals surface area contributed by atoms with Gasteiger partial charge >= 0.3 is 0 Å². The molecule has 35 heavy (non-hydrogen) atoms. The second kappa shape index (κ2) is 13.4. The second-order valence-corrected chi connectivity index (χ2v) is 9.28. The molecule has 0 bridgehead atoms. The summed E-state index contributed by atoms with van der Waals surface area (Å²) in [4.78, 5) is 28.3. The first-order valence-corrected chi connectivity index (χ1v) is 12.4. The fraction of sp³-hybridized carbons (Fsp3) is 0.259. The highest BCUT2D eigenvalue weighted by Crippen LogP contribution is 2.24. The second-order valence-electron chi connectivity index (χ2n) is 8.00. The third-order valence-electron chi connectivity index (χ3n) is 5.35. The Labute approximate surface area is 220 Å². The highest BCUT2D eigenvalue weighted by Gasteiger charge is 2.31. The summed E-state index contributed by atoms with van der Waals surface area (Å²) in [5.74, 6) is -0.0820. The molecular weight excluding hydrogens is 507 g/mol. The molecule has 8 heteroatoms. The lowest BCUT2D eigenvalue weighted by Crippen LogP contribution is -2.51. The molecule has 0 fully saturated rings. The molecule has 1 atom stereocenters. The molecule has 3 rings (SSSR count). The van der Waals surface area contributed by atoms with E-state index in [2.05, 4.69) is 5.32 Å². The van der Waals surface area contributed by atoms with E-state index >= 15 is 0 Å². The van der Waals surface area contributed by atoms with Crippen molar-refractivity contribution in [3.05, 3.63) is 99.0 Å². The van der Waals surface area contributed by atoms with Gasteiger partial charge in [-0.2, -0.15) is 0 Å². The number of benzene rings is 3. The zero-order valence-electron chi connectivity index (χ0n) is 19.3. The van der Waals surface area contributed by atoms with Crippen molar-refractivity contribution in [2.45, 2.75) is 32.4 Å². The van der Waals surface area contributed by atoms with Crippen molar-refractivity contribution in [3.8, 4) is 5.75 Å². The van der Waals surface area contributed by atoms with E-state index in [1.807, 2.05) is 37.3 Å². The summed E-state index contributed by atoms with van der Waals surface area (Å²) >= 11 is 18.4. The predicted molar refractivity (Wildman–Crippen MR) is 141 cm³/mol. The van der Waals surface area contributed by atoms with Crippen molar-refractivity contribution in [2.75, 3.05) is 13.2 Å². The molecule has 0 radical (unpaired) electrons. The number of nitrogens with zero attached hydrogens (tertiary/aromatic N) is 1. The highest BCUT2D eigenvalue weighted by atomic mass is 35.5. The molecule has 0 aromatic heterocycles. The Morgan fingerprint density at radius 2 is 1.63 bits per heavy atom. The van der Waals surface area contributed by atoms with Crippen LogP contribution >= 0.6 is 34.8 Å². The van der Waals surface area contributed by atoms with Crippen LogP contribution in [0.2, 0.25) is 15.1 Å². The summed E-state index contributed by atoms with van der Waals surface area (Å²) in [6.45, 7) is 2.35. The highest BCUT2D eigenvalue weighted by molar-refractivity contribution is 6.35. The van der Waals surface area contributed by atoms with Crippen molar-refractivity contribution in [3.63, 3.8) is 0 Å². The number of halogens is 3. The molecule has 2 amide bonds. The molecule has 0 aliphatic rings. The molecule has 0 aliphatic carbocycles. The molecule has 184 valence electrons. The molecule has 3 aromatic rings. The number of nitrogens with one attached hydrogen (secondary N) is 1. The fourth-order valence-corrected chi connectivity index (χ4v) is 4.11. The molecular formula is C27H27Cl3N2O3. The van der Waals surface area contributed by atoms with Gasteiger partial charge in [0.1, 0.15) is 11.8 Å². The van der Waals surface area contributed by atoms with Crippen LogP contribution in [-0.4, -0.2) is 35.9 Å². The van der Waals surface area contributed by atoms with Crippen LogP contribution in [0.5, 0.6) is 5.75 Å². The van der Waals surface area contributed by atoms with Crippen LogP contribution in [0.4, 0.5) is 0 Å². The van der Waals surface area contributed by atoms with E-state index in [1.165, 1.54) is 4.90 Å². The van der Waals surface area contributed by atoms with E-state index < -0.39 is 6.04 Å². The van der Waals surface area contributed by atoms with Crippen LogP contribution in [0.3, 0.4) is 0 Å². The first-order chi connectivity index (χ1) is 16.9. The van der Waals surface area contributed by atoms with Gasteiger partial charge < -0.3 is 15.0 Å². The summed E-state index contributed by atoms with van der Waals surface area (Å²) in [7, 11) is 0. The van der Waals surface area contributed by atoms with Gasteiger partial charge in [0.05, 0.1) is 0 Å². The van der Waals surface area contributed by atoms with Crippen LogP contribution in [0.15, 0.2) is 72.8 Å². The quantitative estimate of drug-likeness (QED) is 0.320. The summed E-state index contributed by atoms with van der Waals surface area (Å²) in [5.41, 5.74) is 1.61. The maximum Gasteiger partial charge on any atom is 0.261 e. The Hall–Kier alpha value is -2.73. The zero-order valence-corrected chi connectivity index (χ0v) is 21.6. The van der Waals surface area contributed by atoms with Gasteiger partial charge in [-0.3, -0.25) is 9.59 Å². The molecule has 5 nitrogen and oxygen atoms in total. The number of hydrogen-bond acceptors (Lipinski definition) is 3. The lowest BCUT2D eigenvalue weighted by atomic mass is 10.0. The van der Waals surface area contributed by atoms with Crippen molar-refractivity contribution in [1.29, 1.82) is 0 Å². The monoisotopic (exact) mass is 532 g/mol. The van der Waals surface area contributed by atoms with Crippen molar-refractivity contribution < 1.29 is 14.3 Å². The lowest BCUT2D eigenvalue weighted by molar-refractivity contribution is -0.142. The minimum Gasteiger partial charge on any atom is -0.484 e. The van der Waals surface area contributed by atoms with Crippen LogP contribution in [0.25, 0.3) is 0 Å². The lowest BCUT2D eigenvalue weighted by Gasteiger charge is -2.31. The van der Waals surface area contributed by atoms with Crippen LogP contribution in [0.1, 0.15) is 24.5 Å². The van der Waals surface area contributed by atoms with Crippen LogP contribution in [0, 0.1) is 0 Å². The van der Waals surface area contributed by atoms with Crippen molar-refractivity contribution >= 4 is 46.6 Å². The van der Waals surface area contributed by atoms with Gasteiger partial charge in [0.15, 0.2) is 6.61 Å². The van der Waals surface area contributed by atoms with E-state index in [4.69, 9.17) is 39.5 Å². The van der Waals surface area contributed by atoms with Crippen molar-refractivity contribution in [2.24, 2.45) is 0 Å². The number of ether oxygens (including phenoxy) is 1. The molecule has 0 saturated carbocycles. The molecule has 0 spiro atoms. The predicted octanol–water partition coefficient (Wildman–Crippen LogP) is 6.19. The molecule has 3 aromatic carbocycles. The Balaban J connectivity index is 1.91. The number of carbonyl (C=O) groups excluding carboxylic acids is 2. The minimum atomic E-state index is -0.767. The van der Waals surface area contributed by atoms with Crippen LogP contribution < -0.4 is 10.1 Å². The summed E-state index contributed by atoms with van der Waals surface area (Å²) in [6, 6.07) is 20.6. The SMILES string of the molecule is CCCNC(=O)C(Cc1ccccc1)N(Cc1ccc(Cl)cc1Cl)C(=O)COc1ccc(Cl)cc1. The average molecular weight is 534 g/mol. The summed E-state index contributed by atoms with van der Waals surface area (Å²) < 4.78 is 5.72. The molecule has 1 unspecified atom stereocenters. The Morgan fingerprint density at radius 3 is 2.29 bits per heavy atom. The number of amides is 2. The van der Waals surface area contributed by atoms with Gasteiger partial charge in [-0.1, -0.05) is 78.1 Å². The topological polar surface area (TPSA) is 58.6 Å². The van der Waals surface area contributed by atoms with Crippen molar-refractivity contribution in [1.82, 2.24) is 10.2 Å². The maximum atomic E-state index is 13.5. The van der Waals surface area contributed by atoms with E-state index in [-0.39, 0.29) is 25.0 Å². The molecule has 0 heterocycles. The third kappa shape index (κ3) is 8.17. The number of hydrogen-bond donors (Lipinski definition) is 1.